The Morgan fingerprint density at radius 2 is 1.83 bits per heavy atom. The molecular formula is C26H32F4N2O3. The molecule has 0 aliphatic heterocycles. The molecule has 0 atom stereocenters. The number of ketones is 1. The Kier molecular flexibility index (Phi) is 13.3. The molecule has 0 spiro atoms. The zero-order chi connectivity index (χ0) is 26.3. The molecule has 1 heterocycles. The number of ether oxygens (including phenoxy) is 1. The average molecular weight is 497 g/mol. The highest BCUT2D eigenvalue weighted by Crippen LogP contribution is 2.31. The minimum atomic E-state index is -4.72. The summed E-state index contributed by atoms with van der Waals surface area (Å²) in [5.41, 5.74) is 3.16. The van der Waals surface area contributed by atoms with Crippen molar-refractivity contribution in [1.29, 1.82) is 0 Å². The van der Waals surface area contributed by atoms with Crippen LogP contribution < -0.4 is 10.1 Å². The summed E-state index contributed by atoms with van der Waals surface area (Å²) in [6.07, 6.45) is 4.42. The molecule has 2 N–H and O–H groups in total. The molecule has 0 saturated heterocycles. The van der Waals surface area contributed by atoms with Crippen LogP contribution in [0.5, 0.6) is 5.75 Å². The van der Waals surface area contributed by atoms with Crippen LogP contribution in [0.3, 0.4) is 0 Å². The highest BCUT2D eigenvalue weighted by Gasteiger charge is 2.31. The summed E-state index contributed by atoms with van der Waals surface area (Å²) in [5, 5.41) is 12.8. The monoisotopic (exact) mass is 496 g/mol. The van der Waals surface area contributed by atoms with Gasteiger partial charge in [-0.15, -0.1) is 13.2 Å². The van der Waals surface area contributed by atoms with E-state index in [1.807, 2.05) is 20.8 Å². The molecule has 9 heteroatoms. The minimum absolute atomic E-state index is 0.00940. The molecule has 0 saturated carbocycles. The van der Waals surface area contributed by atoms with Crippen molar-refractivity contribution in [2.24, 2.45) is 0 Å². The second-order valence-electron chi connectivity index (χ2n) is 7.31. The smallest absolute Gasteiger partial charge is 0.406 e. The summed E-state index contributed by atoms with van der Waals surface area (Å²) in [5.74, 6) is 0.262. The second kappa shape index (κ2) is 15.7. The number of aliphatic hydroxyl groups is 1. The lowest BCUT2D eigenvalue weighted by Gasteiger charge is -2.17. The van der Waals surface area contributed by atoms with Crippen LogP contribution in [0.25, 0.3) is 5.57 Å². The van der Waals surface area contributed by atoms with Crippen LogP contribution in [0.4, 0.5) is 29.1 Å². The number of aromatic nitrogens is 1. The van der Waals surface area contributed by atoms with Crippen LogP contribution in [0, 0.1) is 0 Å². The van der Waals surface area contributed by atoms with Gasteiger partial charge in [0, 0.05) is 23.9 Å². The number of rotatable bonds is 11. The van der Waals surface area contributed by atoms with E-state index in [0.717, 1.165) is 36.0 Å². The number of aliphatic hydroxyl groups excluding tert-OH is 1. The summed E-state index contributed by atoms with van der Waals surface area (Å²) in [6, 6.07) is 7.17. The van der Waals surface area contributed by atoms with Crippen molar-refractivity contribution in [1.82, 2.24) is 4.98 Å². The Labute approximate surface area is 203 Å². The average Bonchev–Trinajstić information content (AvgIpc) is 2.82. The van der Waals surface area contributed by atoms with Gasteiger partial charge in [-0.25, -0.2) is 9.37 Å². The normalized spacial score (nSPS) is 11.7. The first-order chi connectivity index (χ1) is 16.7. The van der Waals surface area contributed by atoms with Gasteiger partial charge in [-0.05, 0) is 66.8 Å². The fourth-order valence-electron chi connectivity index (χ4n) is 3.14. The first kappa shape index (κ1) is 29.8. The number of pyridine rings is 1. The number of nitrogens with zero attached hydrogens (tertiary/aromatic N) is 1. The molecule has 0 amide bonds. The number of anilines is 2. The van der Waals surface area contributed by atoms with Crippen molar-refractivity contribution in [3.05, 3.63) is 65.9 Å². The standard InChI is InChI=1S/C19H21F3N2O2.C7H11FO/c1-3-5-13(4-2)17-14(12-25)10-11-23-18(17)24-15-6-8-16(9-7-15)26-19(20,21)22;1-2-4-7(9)5-3-6-8/h5-11,25H,3-4,12H2,1-2H3,(H,23,24);3,5H,2,4,6H2,1H3/b13-5+;5-3+. The van der Waals surface area contributed by atoms with Crippen molar-refractivity contribution in [3.63, 3.8) is 0 Å². The van der Waals surface area contributed by atoms with E-state index in [2.05, 4.69) is 21.1 Å². The van der Waals surface area contributed by atoms with Gasteiger partial charge in [-0.2, -0.15) is 0 Å². The van der Waals surface area contributed by atoms with Crippen molar-refractivity contribution in [2.45, 2.75) is 59.4 Å². The highest BCUT2D eigenvalue weighted by molar-refractivity contribution is 5.89. The van der Waals surface area contributed by atoms with E-state index in [1.165, 1.54) is 36.4 Å². The molecule has 1 aromatic heterocycles. The SMILES string of the molecule is CC/C=C(\CC)c1c(CO)ccnc1Nc1ccc(OC(F)(F)F)cc1.CCCC(=O)/C=C/CF. The Morgan fingerprint density at radius 1 is 1.14 bits per heavy atom. The van der Waals surface area contributed by atoms with Gasteiger partial charge in [0.15, 0.2) is 5.78 Å². The molecule has 1 aromatic carbocycles. The Morgan fingerprint density at radius 3 is 2.34 bits per heavy atom. The molecule has 0 bridgehead atoms. The molecule has 0 radical (unpaired) electrons. The lowest BCUT2D eigenvalue weighted by atomic mass is 9.98. The van der Waals surface area contributed by atoms with Gasteiger partial charge in [0.1, 0.15) is 18.2 Å². The van der Waals surface area contributed by atoms with Crippen LogP contribution in [-0.2, 0) is 11.4 Å². The van der Waals surface area contributed by atoms with Gasteiger partial charge >= 0.3 is 6.36 Å². The maximum Gasteiger partial charge on any atom is 0.573 e. The third kappa shape index (κ3) is 11.2. The molecule has 5 nitrogen and oxygen atoms in total. The van der Waals surface area contributed by atoms with Crippen molar-refractivity contribution < 1.29 is 32.2 Å². The topological polar surface area (TPSA) is 71.5 Å². The molecule has 35 heavy (non-hydrogen) atoms. The summed E-state index contributed by atoms with van der Waals surface area (Å²) < 4.78 is 52.0. The number of benzene rings is 1. The molecule has 0 fully saturated rings. The second-order valence-corrected chi connectivity index (χ2v) is 7.31. The lowest BCUT2D eigenvalue weighted by molar-refractivity contribution is -0.274. The molecule has 0 aliphatic carbocycles. The van der Waals surface area contributed by atoms with Gasteiger partial charge in [0.2, 0.25) is 0 Å². The number of hydrogen-bond acceptors (Lipinski definition) is 5. The van der Waals surface area contributed by atoms with Crippen LogP contribution >= 0.6 is 0 Å². The zero-order valence-corrected chi connectivity index (χ0v) is 20.2. The number of alkyl halides is 4. The predicted molar refractivity (Wildman–Crippen MR) is 130 cm³/mol. The van der Waals surface area contributed by atoms with Gasteiger partial charge < -0.3 is 15.2 Å². The number of halogens is 4. The fourth-order valence-corrected chi connectivity index (χ4v) is 3.14. The Balaban J connectivity index is 0.000000579. The van der Waals surface area contributed by atoms with Gasteiger partial charge in [-0.1, -0.05) is 32.9 Å². The summed E-state index contributed by atoms with van der Waals surface area (Å²) in [7, 11) is 0. The van der Waals surface area contributed by atoms with E-state index in [9.17, 15) is 27.5 Å². The predicted octanol–water partition coefficient (Wildman–Crippen LogP) is 7.30. The molecule has 0 unspecified atom stereocenters. The third-order valence-corrected chi connectivity index (χ3v) is 4.60. The number of carbonyl (C=O) groups excluding carboxylic acids is 1. The summed E-state index contributed by atoms with van der Waals surface area (Å²) in [4.78, 5) is 14.9. The van der Waals surface area contributed by atoms with Crippen molar-refractivity contribution >= 4 is 22.9 Å². The van der Waals surface area contributed by atoms with Crippen LogP contribution in [0.1, 0.15) is 57.6 Å². The minimum Gasteiger partial charge on any atom is -0.406 e. The van der Waals surface area contributed by atoms with Gasteiger partial charge in [-0.3, -0.25) is 4.79 Å². The van der Waals surface area contributed by atoms with Crippen molar-refractivity contribution in [2.75, 3.05) is 12.0 Å². The zero-order valence-electron chi connectivity index (χ0n) is 20.2. The van der Waals surface area contributed by atoms with Gasteiger partial charge in [0.25, 0.3) is 0 Å². The van der Waals surface area contributed by atoms with Crippen LogP contribution in [0.15, 0.2) is 54.8 Å². The third-order valence-electron chi connectivity index (χ3n) is 4.60. The quantitative estimate of drug-likeness (QED) is 0.252. The first-order valence-corrected chi connectivity index (χ1v) is 11.3. The van der Waals surface area contributed by atoms with E-state index >= 15 is 0 Å². The van der Waals surface area contributed by atoms with Gasteiger partial charge in [0.05, 0.1) is 6.61 Å². The molecule has 0 aliphatic rings. The molecule has 192 valence electrons. The number of nitrogens with one attached hydrogen (secondary N) is 1. The Hall–Kier alpha value is -3.20. The molecule has 2 aromatic rings. The largest absolute Gasteiger partial charge is 0.573 e. The van der Waals surface area contributed by atoms with Crippen LogP contribution in [0.2, 0.25) is 0 Å². The molecule has 2 rings (SSSR count). The Bertz CT molecular complexity index is 972. The van der Waals surface area contributed by atoms with Crippen molar-refractivity contribution in [3.8, 4) is 5.75 Å². The van der Waals surface area contributed by atoms with E-state index in [4.69, 9.17) is 0 Å². The highest BCUT2D eigenvalue weighted by atomic mass is 19.4. The number of allylic oxidation sites excluding steroid dienone is 4. The maximum atomic E-state index is 12.2. The summed E-state index contributed by atoms with van der Waals surface area (Å²) in [6.45, 7) is 5.28. The van der Waals surface area contributed by atoms with E-state index in [1.54, 1.807) is 12.3 Å². The maximum absolute atomic E-state index is 12.2. The van der Waals surface area contributed by atoms with E-state index < -0.39 is 13.0 Å². The lowest BCUT2D eigenvalue weighted by Crippen LogP contribution is -2.17. The summed E-state index contributed by atoms with van der Waals surface area (Å²) >= 11 is 0. The van der Waals surface area contributed by atoms with E-state index in [-0.39, 0.29) is 18.1 Å². The van der Waals surface area contributed by atoms with Crippen LogP contribution in [-0.4, -0.2) is 28.9 Å². The number of carbonyl (C=O) groups is 1. The fraction of sp³-hybridized carbons (Fsp3) is 0.385. The molecular weight excluding hydrogens is 464 g/mol. The number of hydrogen-bond donors (Lipinski definition) is 2. The van der Waals surface area contributed by atoms with E-state index in [0.29, 0.717) is 17.9 Å². The first-order valence-electron chi connectivity index (χ1n) is 11.3.